The first-order valence-corrected chi connectivity index (χ1v) is 8.72. The van der Waals surface area contributed by atoms with E-state index in [4.69, 9.17) is 11.6 Å². The summed E-state index contributed by atoms with van der Waals surface area (Å²) in [6.45, 7) is 3.91. The summed E-state index contributed by atoms with van der Waals surface area (Å²) in [6, 6.07) is 12.1. The van der Waals surface area contributed by atoms with Crippen molar-refractivity contribution in [1.82, 2.24) is 14.7 Å². The third-order valence-corrected chi connectivity index (χ3v) is 4.31. The van der Waals surface area contributed by atoms with Gasteiger partial charge in [0.15, 0.2) is 5.69 Å². The number of hydrogen-bond donors (Lipinski definition) is 2. The highest BCUT2D eigenvalue weighted by molar-refractivity contribution is 6.30. The molecule has 26 heavy (non-hydrogen) atoms. The van der Waals surface area contributed by atoms with Crippen LogP contribution in [0.3, 0.4) is 0 Å². The van der Waals surface area contributed by atoms with Crippen LogP contribution in [0.1, 0.15) is 41.4 Å². The molecule has 0 spiro atoms. The Bertz CT molecular complexity index is 950. The van der Waals surface area contributed by atoms with Gasteiger partial charge in [0.05, 0.1) is 5.52 Å². The van der Waals surface area contributed by atoms with Crippen LogP contribution in [0.5, 0.6) is 0 Å². The number of fused-ring (bicyclic) bond motifs is 1. The molecule has 2 aromatic heterocycles. The summed E-state index contributed by atoms with van der Waals surface area (Å²) in [4.78, 5) is 29.5. The van der Waals surface area contributed by atoms with Crippen LogP contribution in [0.4, 0.5) is 5.69 Å². The summed E-state index contributed by atoms with van der Waals surface area (Å²) in [6.07, 6.45) is 2.51. The molecule has 6 nitrogen and oxygen atoms in total. The Morgan fingerprint density at radius 2 is 1.88 bits per heavy atom. The standard InChI is InChI=1S/C19H19ClN4O2/c1-3-12(2)21-18(25)16-15-6-4-5-11-24(15)17(23-16)19(26)22-14-9-7-13(20)8-10-14/h4-12H,3H2,1-2H3,(H,21,25)(H,22,26). The number of pyridine rings is 1. The Morgan fingerprint density at radius 1 is 1.15 bits per heavy atom. The quantitative estimate of drug-likeness (QED) is 0.717. The number of anilines is 1. The number of amides is 2. The Hall–Kier alpha value is -2.86. The molecule has 1 aromatic carbocycles. The van der Waals surface area contributed by atoms with Crippen LogP contribution >= 0.6 is 11.6 Å². The van der Waals surface area contributed by atoms with Gasteiger partial charge in [-0.1, -0.05) is 24.6 Å². The molecule has 1 atom stereocenters. The highest BCUT2D eigenvalue weighted by Crippen LogP contribution is 2.17. The van der Waals surface area contributed by atoms with Crippen LogP contribution in [0.25, 0.3) is 5.52 Å². The van der Waals surface area contributed by atoms with E-state index >= 15 is 0 Å². The predicted octanol–water partition coefficient (Wildman–Crippen LogP) is 3.77. The average molecular weight is 371 g/mol. The molecular weight excluding hydrogens is 352 g/mol. The zero-order chi connectivity index (χ0) is 18.7. The number of halogens is 1. The van der Waals surface area contributed by atoms with Crippen molar-refractivity contribution >= 4 is 34.6 Å². The fourth-order valence-electron chi connectivity index (χ4n) is 2.48. The smallest absolute Gasteiger partial charge is 0.292 e. The first kappa shape index (κ1) is 17.9. The highest BCUT2D eigenvalue weighted by Gasteiger charge is 2.22. The maximum atomic E-state index is 12.7. The van der Waals surface area contributed by atoms with Crippen LogP contribution in [0, 0.1) is 0 Å². The summed E-state index contributed by atoms with van der Waals surface area (Å²) in [5.41, 5.74) is 1.40. The second-order valence-electron chi connectivity index (χ2n) is 5.98. The molecule has 2 amide bonds. The molecular formula is C19H19ClN4O2. The Morgan fingerprint density at radius 3 is 2.58 bits per heavy atom. The Kier molecular flexibility index (Phi) is 5.23. The SMILES string of the molecule is CCC(C)NC(=O)c1nc(C(=O)Nc2ccc(Cl)cc2)n2ccccc12. The van der Waals surface area contributed by atoms with Crippen LogP contribution in [-0.2, 0) is 0 Å². The van der Waals surface area contributed by atoms with Crippen molar-refractivity contribution in [3.8, 4) is 0 Å². The van der Waals surface area contributed by atoms with E-state index in [0.29, 0.717) is 16.2 Å². The van der Waals surface area contributed by atoms with Crippen molar-refractivity contribution in [3.05, 3.63) is 65.2 Å². The molecule has 0 saturated carbocycles. The Labute approximate surface area is 156 Å². The molecule has 2 N–H and O–H groups in total. The largest absolute Gasteiger partial charge is 0.348 e. The van der Waals surface area contributed by atoms with Gasteiger partial charge in [0.2, 0.25) is 5.82 Å². The number of nitrogens with one attached hydrogen (secondary N) is 2. The number of rotatable bonds is 5. The van der Waals surface area contributed by atoms with Gasteiger partial charge < -0.3 is 10.6 Å². The monoisotopic (exact) mass is 370 g/mol. The molecule has 7 heteroatoms. The summed E-state index contributed by atoms with van der Waals surface area (Å²) >= 11 is 5.86. The van der Waals surface area contributed by atoms with E-state index in [1.54, 1.807) is 53.1 Å². The number of imidazole rings is 1. The second-order valence-corrected chi connectivity index (χ2v) is 6.42. The van der Waals surface area contributed by atoms with Crippen molar-refractivity contribution in [3.63, 3.8) is 0 Å². The maximum Gasteiger partial charge on any atom is 0.292 e. The van der Waals surface area contributed by atoms with Gasteiger partial charge in [-0.3, -0.25) is 14.0 Å². The van der Waals surface area contributed by atoms with Gasteiger partial charge in [-0.25, -0.2) is 4.98 Å². The van der Waals surface area contributed by atoms with E-state index in [1.165, 1.54) is 0 Å². The lowest BCUT2D eigenvalue weighted by Crippen LogP contribution is -2.32. The second kappa shape index (κ2) is 7.58. The van der Waals surface area contributed by atoms with Crippen molar-refractivity contribution < 1.29 is 9.59 Å². The third kappa shape index (κ3) is 3.70. The predicted molar refractivity (Wildman–Crippen MR) is 102 cm³/mol. The zero-order valence-corrected chi connectivity index (χ0v) is 15.2. The van der Waals surface area contributed by atoms with Crippen molar-refractivity contribution in [2.45, 2.75) is 26.3 Å². The maximum absolute atomic E-state index is 12.7. The topological polar surface area (TPSA) is 75.5 Å². The lowest BCUT2D eigenvalue weighted by Gasteiger charge is -2.09. The summed E-state index contributed by atoms with van der Waals surface area (Å²) in [5, 5.41) is 6.24. The lowest BCUT2D eigenvalue weighted by molar-refractivity contribution is 0.0936. The van der Waals surface area contributed by atoms with Crippen molar-refractivity contribution in [2.24, 2.45) is 0 Å². The van der Waals surface area contributed by atoms with Crippen LogP contribution < -0.4 is 10.6 Å². The van der Waals surface area contributed by atoms with E-state index in [1.807, 2.05) is 13.8 Å². The molecule has 0 fully saturated rings. The minimum atomic E-state index is -0.406. The molecule has 0 radical (unpaired) electrons. The normalized spacial score (nSPS) is 12.0. The summed E-state index contributed by atoms with van der Waals surface area (Å²) in [5.74, 6) is -0.561. The van der Waals surface area contributed by atoms with Gasteiger partial charge in [0.1, 0.15) is 0 Å². The fourth-order valence-corrected chi connectivity index (χ4v) is 2.61. The van der Waals surface area contributed by atoms with E-state index in [9.17, 15) is 9.59 Å². The number of benzene rings is 1. The number of aromatic nitrogens is 2. The minimum absolute atomic E-state index is 0.0225. The number of nitrogens with zero attached hydrogens (tertiary/aromatic N) is 2. The first-order valence-electron chi connectivity index (χ1n) is 8.34. The van der Waals surface area contributed by atoms with E-state index in [-0.39, 0.29) is 23.5 Å². The number of carbonyl (C=O) groups excluding carboxylic acids is 2. The van der Waals surface area contributed by atoms with E-state index in [2.05, 4.69) is 15.6 Å². The molecule has 0 saturated heterocycles. The van der Waals surface area contributed by atoms with E-state index < -0.39 is 5.91 Å². The van der Waals surface area contributed by atoms with Gasteiger partial charge in [0, 0.05) is 22.9 Å². The first-order chi connectivity index (χ1) is 12.5. The van der Waals surface area contributed by atoms with Gasteiger partial charge >= 0.3 is 0 Å². The van der Waals surface area contributed by atoms with Crippen LogP contribution in [0.15, 0.2) is 48.7 Å². The molecule has 0 aliphatic rings. The fraction of sp³-hybridized carbons (Fsp3) is 0.211. The summed E-state index contributed by atoms with van der Waals surface area (Å²) < 4.78 is 1.61. The molecule has 3 rings (SSSR count). The zero-order valence-electron chi connectivity index (χ0n) is 14.5. The van der Waals surface area contributed by atoms with Gasteiger partial charge in [-0.15, -0.1) is 0 Å². The molecule has 0 aliphatic heterocycles. The molecule has 0 aliphatic carbocycles. The number of carbonyl (C=O) groups is 2. The van der Waals surface area contributed by atoms with Crippen LogP contribution in [-0.4, -0.2) is 27.2 Å². The molecule has 0 bridgehead atoms. The van der Waals surface area contributed by atoms with E-state index in [0.717, 1.165) is 6.42 Å². The molecule has 134 valence electrons. The minimum Gasteiger partial charge on any atom is -0.348 e. The highest BCUT2D eigenvalue weighted by atomic mass is 35.5. The van der Waals surface area contributed by atoms with Gasteiger partial charge in [-0.2, -0.15) is 0 Å². The van der Waals surface area contributed by atoms with Gasteiger partial charge in [-0.05, 0) is 49.7 Å². The third-order valence-electron chi connectivity index (χ3n) is 4.06. The average Bonchev–Trinajstić information content (AvgIpc) is 3.03. The van der Waals surface area contributed by atoms with Gasteiger partial charge in [0.25, 0.3) is 11.8 Å². The lowest BCUT2D eigenvalue weighted by atomic mass is 10.2. The molecule has 1 unspecified atom stereocenters. The summed E-state index contributed by atoms with van der Waals surface area (Å²) in [7, 11) is 0. The Balaban J connectivity index is 1.94. The van der Waals surface area contributed by atoms with Crippen molar-refractivity contribution in [2.75, 3.05) is 5.32 Å². The van der Waals surface area contributed by atoms with Crippen LogP contribution in [0.2, 0.25) is 5.02 Å². The van der Waals surface area contributed by atoms with Crippen molar-refractivity contribution in [1.29, 1.82) is 0 Å². The molecule has 2 heterocycles. The molecule has 3 aromatic rings. The number of hydrogen-bond acceptors (Lipinski definition) is 3.